The van der Waals surface area contributed by atoms with Crippen LogP contribution >= 0.6 is 22.6 Å². The van der Waals surface area contributed by atoms with Crippen LogP contribution < -0.4 is 5.32 Å². The van der Waals surface area contributed by atoms with Crippen molar-refractivity contribution in [2.24, 2.45) is 0 Å². The van der Waals surface area contributed by atoms with E-state index in [1.807, 2.05) is 0 Å². The molecule has 4 rings (SSSR count). The monoisotopic (exact) mass is 436 g/mol. The lowest BCUT2D eigenvalue weighted by Gasteiger charge is -2.25. The Morgan fingerprint density at radius 3 is 2.58 bits per heavy atom. The largest absolute Gasteiger partial charge is 0.370 e. The molecule has 5 heteroatoms. The lowest BCUT2D eigenvalue weighted by Crippen LogP contribution is -2.29. The second kappa shape index (κ2) is 7.44. The van der Waals surface area contributed by atoms with Crippen LogP contribution in [0, 0.1) is 3.57 Å². The van der Waals surface area contributed by atoms with Gasteiger partial charge in [0.1, 0.15) is 5.82 Å². The van der Waals surface area contributed by atoms with Crippen LogP contribution in [0.2, 0.25) is 0 Å². The van der Waals surface area contributed by atoms with Crippen LogP contribution in [-0.4, -0.2) is 34.3 Å². The van der Waals surface area contributed by atoms with Gasteiger partial charge in [-0.1, -0.05) is 6.42 Å². The van der Waals surface area contributed by atoms with Crippen LogP contribution in [0.25, 0.3) is 5.69 Å². The normalized spacial score (nSPS) is 18.7. The first-order chi connectivity index (χ1) is 11.8. The molecule has 0 unspecified atom stereocenters. The first-order valence-electron chi connectivity index (χ1n) is 9.14. The number of anilines is 1. The molecule has 1 fully saturated rings. The van der Waals surface area contributed by atoms with Crippen molar-refractivity contribution in [2.45, 2.75) is 45.1 Å². The number of fused-ring (bicyclic) bond motifs is 1. The lowest BCUT2D eigenvalue weighted by atomic mass is 10.1. The Bertz CT molecular complexity index is 686. The average molecular weight is 436 g/mol. The van der Waals surface area contributed by atoms with Gasteiger partial charge in [0, 0.05) is 22.2 Å². The summed E-state index contributed by atoms with van der Waals surface area (Å²) in [4.78, 5) is 2.58. The van der Waals surface area contributed by atoms with Gasteiger partial charge in [0.05, 0.1) is 11.4 Å². The van der Waals surface area contributed by atoms with Crippen molar-refractivity contribution in [3.63, 3.8) is 0 Å². The summed E-state index contributed by atoms with van der Waals surface area (Å²) >= 11 is 2.36. The third-order valence-electron chi connectivity index (χ3n) is 5.11. The van der Waals surface area contributed by atoms with Crippen LogP contribution in [0.1, 0.15) is 43.4 Å². The Hall–Kier alpha value is -1.08. The topological polar surface area (TPSA) is 33.1 Å². The number of likely N-dealkylation sites (tertiary alicyclic amines) is 1. The summed E-state index contributed by atoms with van der Waals surface area (Å²) in [7, 11) is 0. The number of hydrogen-bond donors (Lipinski definition) is 1. The highest BCUT2D eigenvalue weighted by Gasteiger charge is 2.22. The maximum Gasteiger partial charge on any atom is 0.133 e. The third-order valence-corrected chi connectivity index (χ3v) is 5.83. The van der Waals surface area contributed by atoms with Gasteiger partial charge in [0.25, 0.3) is 0 Å². The zero-order chi connectivity index (χ0) is 16.4. The maximum absolute atomic E-state index is 5.04. The summed E-state index contributed by atoms with van der Waals surface area (Å²) in [5.41, 5.74) is 3.88. The van der Waals surface area contributed by atoms with Crippen molar-refractivity contribution < 1.29 is 0 Å². The fourth-order valence-electron chi connectivity index (χ4n) is 3.80. The fourth-order valence-corrected chi connectivity index (χ4v) is 4.16. The van der Waals surface area contributed by atoms with E-state index in [4.69, 9.17) is 5.10 Å². The summed E-state index contributed by atoms with van der Waals surface area (Å²) in [6.45, 7) is 4.49. The van der Waals surface area contributed by atoms with Gasteiger partial charge in [-0.05, 0) is 92.0 Å². The summed E-state index contributed by atoms with van der Waals surface area (Å²) in [5.74, 6) is 1.22. The molecule has 0 spiro atoms. The zero-order valence-electron chi connectivity index (χ0n) is 14.1. The van der Waals surface area contributed by atoms with Crippen molar-refractivity contribution >= 4 is 28.4 Å². The molecule has 2 aromatic rings. The first kappa shape index (κ1) is 16.4. The van der Waals surface area contributed by atoms with Crippen molar-refractivity contribution in [3.8, 4) is 5.69 Å². The van der Waals surface area contributed by atoms with Crippen LogP contribution in [-0.2, 0) is 13.0 Å². The van der Waals surface area contributed by atoms with Gasteiger partial charge in [-0.3, -0.25) is 4.90 Å². The molecule has 1 N–H and O–H groups in total. The molecule has 1 saturated heterocycles. The highest BCUT2D eigenvalue weighted by Crippen LogP contribution is 2.29. The van der Waals surface area contributed by atoms with Gasteiger partial charge in [-0.2, -0.15) is 5.10 Å². The maximum atomic E-state index is 5.04. The summed E-state index contributed by atoms with van der Waals surface area (Å²) < 4.78 is 3.40. The van der Waals surface area contributed by atoms with Crippen molar-refractivity contribution in [3.05, 3.63) is 39.1 Å². The molecular formula is C19H25IN4. The average Bonchev–Trinajstić information content (AvgIpc) is 2.79. The highest BCUT2D eigenvalue weighted by molar-refractivity contribution is 14.1. The molecule has 1 aromatic heterocycles. The van der Waals surface area contributed by atoms with Crippen LogP contribution in [0.5, 0.6) is 0 Å². The number of aromatic nitrogens is 2. The molecule has 2 aliphatic heterocycles. The second-order valence-corrected chi connectivity index (χ2v) is 8.13. The molecule has 0 bridgehead atoms. The Labute approximate surface area is 157 Å². The number of halogens is 1. The SMILES string of the molecule is Ic1ccc(-n2nc(CN3CCCCC3)c3c2NCCCC3)cc1. The summed E-state index contributed by atoms with van der Waals surface area (Å²) in [5, 5.41) is 8.68. The molecule has 0 aliphatic carbocycles. The van der Waals surface area contributed by atoms with Crippen molar-refractivity contribution in [1.82, 2.24) is 14.7 Å². The molecule has 0 radical (unpaired) electrons. The molecule has 0 amide bonds. The van der Waals surface area contributed by atoms with E-state index in [0.717, 1.165) is 25.2 Å². The van der Waals surface area contributed by atoms with E-state index in [1.54, 1.807) is 0 Å². The molecule has 0 saturated carbocycles. The number of nitrogens with zero attached hydrogens (tertiary/aromatic N) is 3. The van der Waals surface area contributed by atoms with Gasteiger partial charge in [-0.25, -0.2) is 4.68 Å². The standard InChI is InChI=1S/C19H25IN4/c20-15-7-9-16(10-8-15)24-19-17(6-2-3-11-21-19)18(22-24)14-23-12-4-1-5-13-23/h7-10,21H,1-6,11-14H2. The minimum Gasteiger partial charge on any atom is -0.370 e. The fraction of sp³-hybridized carbons (Fsp3) is 0.526. The lowest BCUT2D eigenvalue weighted by molar-refractivity contribution is 0.217. The Morgan fingerprint density at radius 1 is 1.00 bits per heavy atom. The van der Waals surface area contributed by atoms with Crippen LogP contribution in [0.3, 0.4) is 0 Å². The van der Waals surface area contributed by atoms with E-state index in [2.05, 4.69) is 61.8 Å². The predicted octanol–water partition coefficient (Wildman–Crippen LogP) is 4.21. The number of hydrogen-bond acceptors (Lipinski definition) is 3. The minimum atomic E-state index is 1.00. The number of piperidine rings is 1. The molecule has 3 heterocycles. The summed E-state index contributed by atoms with van der Waals surface area (Å²) in [6, 6.07) is 8.66. The quantitative estimate of drug-likeness (QED) is 0.732. The van der Waals surface area contributed by atoms with E-state index in [1.165, 1.54) is 65.8 Å². The van der Waals surface area contributed by atoms with Gasteiger partial charge in [-0.15, -0.1) is 0 Å². The van der Waals surface area contributed by atoms with E-state index in [9.17, 15) is 0 Å². The van der Waals surface area contributed by atoms with Crippen LogP contribution in [0.4, 0.5) is 5.82 Å². The molecule has 4 nitrogen and oxygen atoms in total. The molecule has 24 heavy (non-hydrogen) atoms. The van der Waals surface area contributed by atoms with Gasteiger partial charge in [0.2, 0.25) is 0 Å². The van der Waals surface area contributed by atoms with Crippen molar-refractivity contribution in [2.75, 3.05) is 25.0 Å². The molecule has 0 atom stereocenters. The first-order valence-corrected chi connectivity index (χ1v) is 10.2. The Morgan fingerprint density at radius 2 is 1.79 bits per heavy atom. The molecule has 128 valence electrons. The molecule has 1 aromatic carbocycles. The number of rotatable bonds is 3. The van der Waals surface area contributed by atoms with Gasteiger partial charge >= 0.3 is 0 Å². The van der Waals surface area contributed by atoms with Crippen LogP contribution in [0.15, 0.2) is 24.3 Å². The van der Waals surface area contributed by atoms with E-state index < -0.39 is 0 Å². The minimum absolute atomic E-state index is 1.00. The zero-order valence-corrected chi connectivity index (χ0v) is 16.3. The predicted molar refractivity (Wildman–Crippen MR) is 107 cm³/mol. The van der Waals surface area contributed by atoms with E-state index in [-0.39, 0.29) is 0 Å². The Kier molecular flexibility index (Phi) is 5.08. The van der Waals surface area contributed by atoms with E-state index >= 15 is 0 Å². The number of nitrogens with one attached hydrogen (secondary N) is 1. The Balaban J connectivity index is 1.69. The molecule has 2 aliphatic rings. The molecular weight excluding hydrogens is 411 g/mol. The second-order valence-electron chi connectivity index (χ2n) is 6.88. The third kappa shape index (κ3) is 3.47. The smallest absolute Gasteiger partial charge is 0.133 e. The highest BCUT2D eigenvalue weighted by atomic mass is 127. The summed E-state index contributed by atoms with van der Waals surface area (Å²) in [6.07, 6.45) is 7.69. The van der Waals surface area contributed by atoms with Crippen molar-refractivity contribution in [1.29, 1.82) is 0 Å². The van der Waals surface area contributed by atoms with E-state index in [0.29, 0.717) is 0 Å². The van der Waals surface area contributed by atoms with Gasteiger partial charge < -0.3 is 5.32 Å². The van der Waals surface area contributed by atoms with Gasteiger partial charge in [0.15, 0.2) is 0 Å². The number of benzene rings is 1.